The largest absolute Gasteiger partial charge is 0.145 e. The van der Waals surface area contributed by atoms with Gasteiger partial charge in [0.15, 0.2) is 0 Å². The number of rotatable bonds is 4. The molecule has 0 radical (unpaired) electrons. The van der Waals surface area contributed by atoms with Crippen molar-refractivity contribution in [3.05, 3.63) is 40.3 Å². The monoisotopic (exact) mass is 231 g/mol. The molecular formula is C15H21NO. The van der Waals surface area contributed by atoms with Gasteiger partial charge in [-0.05, 0) is 46.7 Å². The van der Waals surface area contributed by atoms with Gasteiger partial charge in [0.25, 0.3) is 0 Å². The third kappa shape index (κ3) is 2.82. The summed E-state index contributed by atoms with van der Waals surface area (Å²) in [6.07, 6.45) is 0. The average molecular weight is 231 g/mol. The minimum absolute atomic E-state index is 0.291. The molecule has 2 nitrogen and oxygen atoms in total. The molecule has 1 aromatic carbocycles. The van der Waals surface area contributed by atoms with E-state index < -0.39 is 0 Å². The first-order valence-electron chi connectivity index (χ1n) is 6.05. The Morgan fingerprint density at radius 2 is 1.76 bits per heavy atom. The molecule has 17 heavy (non-hydrogen) atoms. The summed E-state index contributed by atoms with van der Waals surface area (Å²) < 4.78 is 0. The molecule has 0 aromatic heterocycles. The molecule has 0 bridgehead atoms. The number of allylic oxidation sites excluding steroid dienone is 1. The fourth-order valence-corrected chi connectivity index (χ4v) is 1.88. The maximum atomic E-state index is 11.0. The van der Waals surface area contributed by atoms with Gasteiger partial charge in [-0.3, -0.25) is 0 Å². The zero-order chi connectivity index (χ0) is 13.2. The van der Waals surface area contributed by atoms with Crippen molar-refractivity contribution in [2.45, 2.75) is 46.5 Å². The molecule has 0 spiro atoms. The van der Waals surface area contributed by atoms with E-state index in [1.54, 1.807) is 0 Å². The molecule has 0 saturated carbocycles. The average Bonchev–Trinajstić information content (AvgIpc) is 2.26. The molecule has 1 aromatic rings. The van der Waals surface area contributed by atoms with Crippen LogP contribution in [-0.4, -0.2) is 0 Å². The van der Waals surface area contributed by atoms with Gasteiger partial charge in [-0.15, -0.1) is 4.91 Å². The Hall–Kier alpha value is -1.44. The molecule has 0 heterocycles. The molecule has 92 valence electrons. The van der Waals surface area contributed by atoms with Crippen molar-refractivity contribution < 1.29 is 0 Å². The predicted molar refractivity (Wildman–Crippen MR) is 74.8 cm³/mol. The summed E-state index contributed by atoms with van der Waals surface area (Å²) in [6.45, 7) is 14.3. The number of hydrogen-bond donors (Lipinski definition) is 0. The lowest BCUT2D eigenvalue weighted by molar-refractivity contribution is 0.833. The van der Waals surface area contributed by atoms with Crippen LogP contribution in [0.1, 0.15) is 63.1 Å². The van der Waals surface area contributed by atoms with Gasteiger partial charge in [-0.2, -0.15) is 0 Å². The smallest absolute Gasteiger partial charge is 0.118 e. The van der Waals surface area contributed by atoms with Crippen LogP contribution in [-0.2, 0) is 0 Å². The van der Waals surface area contributed by atoms with Crippen molar-refractivity contribution in [3.8, 4) is 0 Å². The van der Waals surface area contributed by atoms with Gasteiger partial charge < -0.3 is 0 Å². The summed E-state index contributed by atoms with van der Waals surface area (Å²) in [4.78, 5) is 11.0. The van der Waals surface area contributed by atoms with E-state index in [2.05, 4.69) is 45.5 Å². The van der Waals surface area contributed by atoms with Crippen LogP contribution in [0, 0.1) is 4.91 Å². The molecule has 2 heteroatoms. The molecule has 0 unspecified atom stereocenters. The lowest BCUT2D eigenvalue weighted by Crippen LogP contribution is -1.97. The van der Waals surface area contributed by atoms with Crippen LogP contribution in [0.15, 0.2) is 23.9 Å². The number of hydrogen-bond acceptors (Lipinski definition) is 2. The van der Waals surface area contributed by atoms with E-state index in [1.807, 2.05) is 13.0 Å². The Balaban J connectivity index is 3.57. The molecule has 0 N–H and O–H groups in total. The second-order valence-electron chi connectivity index (χ2n) is 5.19. The standard InChI is InChI=1S/C15H21NO/c1-9(2)12-7-13(10(3)4)15(16-17)14(8-12)11(5)6/h7-9,11H,3H2,1-2,4-6H3. The summed E-state index contributed by atoms with van der Waals surface area (Å²) in [5.74, 6) is 0.728. The highest BCUT2D eigenvalue weighted by Crippen LogP contribution is 2.36. The minimum atomic E-state index is 0.291. The van der Waals surface area contributed by atoms with Crippen molar-refractivity contribution >= 4 is 11.3 Å². The summed E-state index contributed by atoms with van der Waals surface area (Å²) in [6, 6.07) is 4.13. The van der Waals surface area contributed by atoms with E-state index in [0.29, 0.717) is 17.5 Å². The Morgan fingerprint density at radius 1 is 1.18 bits per heavy atom. The Labute approximate surface area is 104 Å². The van der Waals surface area contributed by atoms with Gasteiger partial charge in [0.05, 0.1) is 0 Å². The first-order chi connectivity index (χ1) is 7.88. The van der Waals surface area contributed by atoms with Gasteiger partial charge >= 0.3 is 0 Å². The highest BCUT2D eigenvalue weighted by atomic mass is 16.3. The second kappa shape index (κ2) is 5.26. The molecular weight excluding hydrogens is 210 g/mol. The number of benzene rings is 1. The third-order valence-corrected chi connectivity index (χ3v) is 3.00. The zero-order valence-electron chi connectivity index (χ0n) is 11.4. The van der Waals surface area contributed by atoms with E-state index in [4.69, 9.17) is 0 Å². The van der Waals surface area contributed by atoms with Crippen LogP contribution in [0.3, 0.4) is 0 Å². The molecule has 0 aliphatic carbocycles. The fourth-order valence-electron chi connectivity index (χ4n) is 1.88. The van der Waals surface area contributed by atoms with E-state index >= 15 is 0 Å². The van der Waals surface area contributed by atoms with Crippen LogP contribution in [0.5, 0.6) is 0 Å². The second-order valence-corrected chi connectivity index (χ2v) is 5.19. The highest BCUT2D eigenvalue weighted by molar-refractivity contribution is 5.75. The topological polar surface area (TPSA) is 29.4 Å². The maximum Gasteiger partial charge on any atom is 0.118 e. The van der Waals surface area contributed by atoms with Crippen molar-refractivity contribution in [3.63, 3.8) is 0 Å². The van der Waals surface area contributed by atoms with Crippen LogP contribution in [0.25, 0.3) is 5.57 Å². The Morgan fingerprint density at radius 3 is 2.12 bits per heavy atom. The molecule has 0 aliphatic rings. The minimum Gasteiger partial charge on any atom is -0.145 e. The van der Waals surface area contributed by atoms with E-state index in [0.717, 1.165) is 16.7 Å². The molecule has 1 rings (SSSR count). The van der Waals surface area contributed by atoms with Crippen LogP contribution < -0.4 is 0 Å². The first-order valence-corrected chi connectivity index (χ1v) is 6.05. The molecule has 0 atom stereocenters. The van der Waals surface area contributed by atoms with Crippen molar-refractivity contribution in [2.24, 2.45) is 5.18 Å². The predicted octanol–water partition coefficient (Wildman–Crippen LogP) is 5.36. The van der Waals surface area contributed by atoms with Crippen LogP contribution in [0.2, 0.25) is 0 Å². The summed E-state index contributed by atoms with van der Waals surface area (Å²) in [5, 5.41) is 3.20. The molecule has 0 saturated heterocycles. The van der Waals surface area contributed by atoms with E-state index in [9.17, 15) is 4.91 Å². The molecule has 0 amide bonds. The summed E-state index contributed by atoms with van der Waals surface area (Å²) >= 11 is 0. The molecule has 0 aliphatic heterocycles. The lowest BCUT2D eigenvalue weighted by atomic mass is 9.89. The SMILES string of the molecule is C=C(C)c1cc(C(C)C)cc(C(C)C)c1N=O. The fraction of sp³-hybridized carbons (Fsp3) is 0.467. The van der Waals surface area contributed by atoms with Crippen LogP contribution in [0.4, 0.5) is 5.69 Å². The lowest BCUT2D eigenvalue weighted by Gasteiger charge is -2.16. The molecule has 0 fully saturated rings. The van der Waals surface area contributed by atoms with E-state index in [-0.39, 0.29) is 0 Å². The van der Waals surface area contributed by atoms with Gasteiger partial charge in [0, 0.05) is 5.56 Å². The van der Waals surface area contributed by atoms with Crippen molar-refractivity contribution in [1.29, 1.82) is 0 Å². The van der Waals surface area contributed by atoms with Gasteiger partial charge in [0.2, 0.25) is 0 Å². The third-order valence-electron chi connectivity index (χ3n) is 3.00. The van der Waals surface area contributed by atoms with Crippen molar-refractivity contribution in [2.75, 3.05) is 0 Å². The normalized spacial score (nSPS) is 11.0. The van der Waals surface area contributed by atoms with Gasteiger partial charge in [-0.25, -0.2) is 0 Å². The Bertz CT molecular complexity index is 444. The quantitative estimate of drug-likeness (QED) is 0.641. The first kappa shape index (κ1) is 13.6. The summed E-state index contributed by atoms with van der Waals surface area (Å²) in [7, 11) is 0. The van der Waals surface area contributed by atoms with Gasteiger partial charge in [-0.1, -0.05) is 40.3 Å². The summed E-state index contributed by atoms with van der Waals surface area (Å²) in [5.41, 5.74) is 4.58. The zero-order valence-corrected chi connectivity index (χ0v) is 11.4. The highest BCUT2D eigenvalue weighted by Gasteiger charge is 2.15. The van der Waals surface area contributed by atoms with Crippen LogP contribution >= 0.6 is 0 Å². The number of nitroso groups, excluding NO2 is 1. The van der Waals surface area contributed by atoms with E-state index in [1.165, 1.54) is 5.56 Å². The van der Waals surface area contributed by atoms with Crippen molar-refractivity contribution in [1.82, 2.24) is 0 Å². The maximum absolute atomic E-state index is 11.0. The Kier molecular flexibility index (Phi) is 4.22. The number of nitrogens with zero attached hydrogens (tertiary/aromatic N) is 1. The van der Waals surface area contributed by atoms with Gasteiger partial charge in [0.1, 0.15) is 5.69 Å².